The van der Waals surface area contributed by atoms with Crippen molar-refractivity contribution in [2.75, 3.05) is 31.6 Å². The third-order valence-electron chi connectivity index (χ3n) is 6.62. The number of carbonyl (C=O) groups excluding carboxylic acids is 1. The molecule has 0 radical (unpaired) electrons. The van der Waals surface area contributed by atoms with Gasteiger partial charge in [0, 0.05) is 67.0 Å². The minimum Gasteiger partial charge on any atom is -0.381 e. The third kappa shape index (κ3) is 5.49. The van der Waals surface area contributed by atoms with Gasteiger partial charge < -0.3 is 15.0 Å². The number of fused-ring (bicyclic) bond motifs is 1. The molecule has 35 heavy (non-hydrogen) atoms. The number of amides is 1. The van der Waals surface area contributed by atoms with Crippen LogP contribution in [-0.2, 0) is 17.7 Å². The van der Waals surface area contributed by atoms with Gasteiger partial charge in [0.05, 0.1) is 13.2 Å². The molecular weight excluding hydrogens is 436 g/mol. The molecule has 4 aromatic rings. The largest absolute Gasteiger partial charge is 0.381 e. The summed E-state index contributed by atoms with van der Waals surface area (Å²) in [6.07, 6.45) is 8.17. The van der Waals surface area contributed by atoms with Gasteiger partial charge in [-0.2, -0.15) is 0 Å². The Bertz CT molecular complexity index is 1300. The Labute approximate surface area is 206 Å². The van der Waals surface area contributed by atoms with Gasteiger partial charge in [-0.3, -0.25) is 14.8 Å². The first-order valence-electron chi connectivity index (χ1n) is 12.1. The van der Waals surface area contributed by atoms with Gasteiger partial charge in [0.25, 0.3) is 5.91 Å². The van der Waals surface area contributed by atoms with Gasteiger partial charge in [-0.1, -0.05) is 24.3 Å². The number of pyridine rings is 2. The van der Waals surface area contributed by atoms with E-state index >= 15 is 0 Å². The zero-order chi connectivity index (χ0) is 24.0. The molecule has 2 aromatic carbocycles. The lowest BCUT2D eigenvalue weighted by Gasteiger charge is -2.24. The van der Waals surface area contributed by atoms with E-state index in [0.717, 1.165) is 23.2 Å². The van der Waals surface area contributed by atoms with Gasteiger partial charge >= 0.3 is 0 Å². The third-order valence-corrected chi connectivity index (χ3v) is 6.62. The second kappa shape index (κ2) is 10.7. The second-order valence-corrected chi connectivity index (χ2v) is 9.15. The van der Waals surface area contributed by atoms with Crippen LogP contribution >= 0.6 is 0 Å². The Morgan fingerprint density at radius 3 is 2.83 bits per heavy atom. The highest BCUT2D eigenvalue weighted by Gasteiger charge is 2.24. The molecule has 0 bridgehead atoms. The monoisotopic (exact) mass is 466 g/mol. The Morgan fingerprint density at radius 1 is 1.09 bits per heavy atom. The number of rotatable bonds is 6. The lowest BCUT2D eigenvalue weighted by Crippen LogP contribution is -2.36. The van der Waals surface area contributed by atoms with Crippen LogP contribution < -0.4 is 5.32 Å². The summed E-state index contributed by atoms with van der Waals surface area (Å²) in [6.45, 7) is 5.20. The van der Waals surface area contributed by atoms with Crippen LogP contribution in [0.5, 0.6) is 0 Å². The molecule has 5 rings (SSSR count). The van der Waals surface area contributed by atoms with Gasteiger partial charge in [-0.15, -0.1) is 0 Å². The Balaban J connectivity index is 1.30. The van der Waals surface area contributed by atoms with Gasteiger partial charge in [0.15, 0.2) is 0 Å². The molecule has 0 unspecified atom stereocenters. The highest BCUT2D eigenvalue weighted by atomic mass is 16.5. The summed E-state index contributed by atoms with van der Waals surface area (Å²) in [5, 5.41) is 5.82. The number of aromatic nitrogens is 2. The molecule has 178 valence electrons. The van der Waals surface area contributed by atoms with Crippen LogP contribution in [0.2, 0.25) is 0 Å². The van der Waals surface area contributed by atoms with Crippen LogP contribution in [0.15, 0.2) is 79.4 Å². The molecule has 1 saturated heterocycles. The van der Waals surface area contributed by atoms with Crippen molar-refractivity contribution >= 4 is 22.4 Å². The molecule has 0 aliphatic carbocycles. The van der Waals surface area contributed by atoms with Crippen molar-refractivity contribution in [2.45, 2.75) is 19.9 Å². The van der Waals surface area contributed by atoms with E-state index in [-0.39, 0.29) is 11.8 Å². The summed E-state index contributed by atoms with van der Waals surface area (Å²) < 4.78 is 5.91. The smallest absolute Gasteiger partial charge is 0.254 e. The number of hydrogen-bond donors (Lipinski definition) is 1. The second-order valence-electron chi connectivity index (χ2n) is 9.15. The maximum absolute atomic E-state index is 13.5. The molecular formula is C29H30N4O2. The standard InChI is InChI=1S/C29H30N4O2/c1-21-5-6-26(16-28(21)32-17-22-7-10-30-11-8-22)29(34)33-13-14-35-20-23(19-33)15-25-4-2-3-24-9-12-31-18-27(24)25/h2-12,16,18,23,32H,13-15,17,19-20H2,1H3/t23-/m0/s1. The van der Waals surface area contributed by atoms with E-state index in [2.05, 4.69) is 40.4 Å². The fraction of sp³-hybridized carbons (Fsp3) is 0.276. The first-order chi connectivity index (χ1) is 17.2. The average molecular weight is 467 g/mol. The van der Waals surface area contributed by atoms with Crippen LogP contribution in [0.3, 0.4) is 0 Å². The maximum atomic E-state index is 13.5. The number of benzene rings is 2. The lowest BCUT2D eigenvalue weighted by atomic mass is 9.95. The molecule has 2 aromatic heterocycles. The van der Waals surface area contributed by atoms with E-state index in [4.69, 9.17) is 4.74 Å². The summed E-state index contributed by atoms with van der Waals surface area (Å²) in [6, 6.07) is 18.3. The molecule has 1 amide bonds. The fourth-order valence-corrected chi connectivity index (χ4v) is 4.68. The number of aryl methyl sites for hydroxylation is 1. The van der Waals surface area contributed by atoms with E-state index in [9.17, 15) is 4.79 Å². The van der Waals surface area contributed by atoms with Gasteiger partial charge in [-0.25, -0.2) is 0 Å². The number of anilines is 1. The molecule has 3 heterocycles. The molecule has 6 heteroatoms. The van der Waals surface area contributed by atoms with E-state index in [1.807, 2.05) is 53.7 Å². The number of nitrogens with one attached hydrogen (secondary N) is 1. The highest BCUT2D eigenvalue weighted by molar-refractivity contribution is 5.95. The van der Waals surface area contributed by atoms with E-state index in [1.165, 1.54) is 16.3 Å². The average Bonchev–Trinajstić information content (AvgIpc) is 3.14. The first kappa shape index (κ1) is 23.0. The predicted molar refractivity (Wildman–Crippen MR) is 138 cm³/mol. The van der Waals surface area contributed by atoms with Crippen molar-refractivity contribution in [1.82, 2.24) is 14.9 Å². The molecule has 0 saturated carbocycles. The SMILES string of the molecule is Cc1ccc(C(=O)N2CCOC[C@@H](Cc3cccc4ccncc34)C2)cc1NCc1ccncc1. The molecule has 0 spiro atoms. The first-order valence-corrected chi connectivity index (χ1v) is 12.1. The molecule has 1 atom stereocenters. The van der Waals surface area contributed by atoms with Gasteiger partial charge in [0.1, 0.15) is 0 Å². The Morgan fingerprint density at radius 2 is 1.94 bits per heavy atom. The number of ether oxygens (including phenoxy) is 1. The fourth-order valence-electron chi connectivity index (χ4n) is 4.68. The lowest BCUT2D eigenvalue weighted by molar-refractivity contribution is 0.0737. The van der Waals surface area contributed by atoms with Crippen LogP contribution in [0.25, 0.3) is 10.8 Å². The zero-order valence-electron chi connectivity index (χ0n) is 20.0. The molecule has 1 N–H and O–H groups in total. The molecule has 1 aliphatic heterocycles. The van der Waals surface area contributed by atoms with Crippen molar-refractivity contribution in [3.63, 3.8) is 0 Å². The van der Waals surface area contributed by atoms with Crippen LogP contribution in [0.1, 0.15) is 27.0 Å². The summed E-state index contributed by atoms with van der Waals surface area (Å²) in [5.74, 6) is 0.272. The Hall–Kier alpha value is -3.77. The topological polar surface area (TPSA) is 67.4 Å². The van der Waals surface area contributed by atoms with Crippen molar-refractivity contribution in [3.05, 3.63) is 102 Å². The van der Waals surface area contributed by atoms with E-state index < -0.39 is 0 Å². The van der Waals surface area contributed by atoms with E-state index in [0.29, 0.717) is 38.4 Å². The van der Waals surface area contributed by atoms with Crippen molar-refractivity contribution in [2.24, 2.45) is 5.92 Å². The molecule has 1 fully saturated rings. The van der Waals surface area contributed by atoms with Crippen LogP contribution in [0.4, 0.5) is 5.69 Å². The van der Waals surface area contributed by atoms with Crippen LogP contribution in [0, 0.1) is 12.8 Å². The van der Waals surface area contributed by atoms with Gasteiger partial charge in [-0.05, 0) is 65.8 Å². The minimum atomic E-state index is 0.0482. The summed E-state index contributed by atoms with van der Waals surface area (Å²) in [4.78, 5) is 23.9. The molecule has 6 nitrogen and oxygen atoms in total. The Kier molecular flexibility index (Phi) is 7.00. The molecule has 1 aliphatic rings. The summed E-state index contributed by atoms with van der Waals surface area (Å²) >= 11 is 0. The van der Waals surface area contributed by atoms with Crippen molar-refractivity contribution in [1.29, 1.82) is 0 Å². The van der Waals surface area contributed by atoms with Gasteiger partial charge in [0.2, 0.25) is 0 Å². The van der Waals surface area contributed by atoms with Crippen LogP contribution in [-0.4, -0.2) is 47.1 Å². The number of nitrogens with zero attached hydrogens (tertiary/aromatic N) is 3. The maximum Gasteiger partial charge on any atom is 0.254 e. The van der Waals surface area contributed by atoms with Crippen molar-refractivity contribution in [3.8, 4) is 0 Å². The normalized spacial score (nSPS) is 16.1. The van der Waals surface area contributed by atoms with Crippen molar-refractivity contribution < 1.29 is 9.53 Å². The summed E-state index contributed by atoms with van der Waals surface area (Å²) in [5.41, 5.74) is 5.17. The number of carbonyl (C=O) groups is 1. The van der Waals surface area contributed by atoms with E-state index in [1.54, 1.807) is 12.4 Å². The predicted octanol–water partition coefficient (Wildman–Crippen LogP) is 4.88. The summed E-state index contributed by atoms with van der Waals surface area (Å²) in [7, 11) is 0. The zero-order valence-corrected chi connectivity index (χ0v) is 20.0. The highest BCUT2D eigenvalue weighted by Crippen LogP contribution is 2.24. The minimum absolute atomic E-state index is 0.0482. The number of hydrogen-bond acceptors (Lipinski definition) is 5. The quantitative estimate of drug-likeness (QED) is 0.439.